The summed E-state index contributed by atoms with van der Waals surface area (Å²) in [7, 11) is 0. The van der Waals surface area contributed by atoms with Crippen molar-refractivity contribution in [3.63, 3.8) is 0 Å². The van der Waals surface area contributed by atoms with Crippen molar-refractivity contribution in [2.24, 2.45) is 0 Å². The van der Waals surface area contributed by atoms with Crippen molar-refractivity contribution >= 4 is 5.91 Å². The molecule has 0 fully saturated rings. The van der Waals surface area contributed by atoms with E-state index in [1.807, 2.05) is 38.1 Å². The van der Waals surface area contributed by atoms with Gasteiger partial charge in [-0.3, -0.25) is 4.79 Å². The van der Waals surface area contributed by atoms with E-state index in [4.69, 9.17) is 0 Å². The van der Waals surface area contributed by atoms with Gasteiger partial charge in [0.1, 0.15) is 0 Å². The molecule has 0 radical (unpaired) electrons. The lowest BCUT2D eigenvalue weighted by Gasteiger charge is -2.19. The van der Waals surface area contributed by atoms with Crippen LogP contribution in [0.3, 0.4) is 0 Å². The lowest BCUT2D eigenvalue weighted by Crippen LogP contribution is -2.27. The van der Waals surface area contributed by atoms with Crippen LogP contribution in [0.1, 0.15) is 51.1 Å². The fourth-order valence-electron chi connectivity index (χ4n) is 2.63. The van der Waals surface area contributed by atoms with E-state index in [2.05, 4.69) is 38.2 Å². The van der Waals surface area contributed by atoms with Gasteiger partial charge in [0.25, 0.3) is 5.91 Å². The third-order valence-electron chi connectivity index (χ3n) is 4.09. The first-order valence-electron chi connectivity index (χ1n) is 7.34. The molecule has 0 aliphatic rings. The van der Waals surface area contributed by atoms with Gasteiger partial charge in [-0.25, -0.2) is 0 Å². The van der Waals surface area contributed by atoms with Gasteiger partial charge in [0, 0.05) is 5.56 Å². The smallest absolute Gasteiger partial charge is 0.252 e. The average Bonchev–Trinajstić information content (AvgIpc) is 2.43. The van der Waals surface area contributed by atoms with Crippen LogP contribution in [0.4, 0.5) is 0 Å². The molecule has 2 aromatic rings. The summed E-state index contributed by atoms with van der Waals surface area (Å²) in [6, 6.07) is 12.0. The third-order valence-corrected chi connectivity index (χ3v) is 4.09. The maximum Gasteiger partial charge on any atom is 0.252 e. The first-order chi connectivity index (χ1) is 9.90. The van der Waals surface area contributed by atoms with E-state index >= 15 is 0 Å². The number of carbonyl (C=O) groups is 1. The molecule has 1 atom stereocenters. The second-order valence-electron chi connectivity index (χ2n) is 5.80. The van der Waals surface area contributed by atoms with E-state index in [1.165, 1.54) is 22.3 Å². The fourth-order valence-corrected chi connectivity index (χ4v) is 2.63. The number of hydrogen-bond acceptors (Lipinski definition) is 1. The summed E-state index contributed by atoms with van der Waals surface area (Å²) in [6.07, 6.45) is 0. The Bertz CT molecular complexity index is 673. The Kier molecular flexibility index (Phi) is 4.46. The van der Waals surface area contributed by atoms with Crippen LogP contribution < -0.4 is 5.32 Å². The van der Waals surface area contributed by atoms with Gasteiger partial charge in [0.05, 0.1) is 6.04 Å². The molecule has 0 aliphatic heterocycles. The van der Waals surface area contributed by atoms with E-state index in [0.717, 1.165) is 11.1 Å². The van der Waals surface area contributed by atoms with Gasteiger partial charge in [0.15, 0.2) is 0 Å². The lowest BCUT2D eigenvalue weighted by molar-refractivity contribution is 0.0939. The monoisotopic (exact) mass is 281 g/mol. The zero-order valence-electron chi connectivity index (χ0n) is 13.4. The summed E-state index contributed by atoms with van der Waals surface area (Å²) in [5, 5.41) is 3.10. The number of nitrogens with one attached hydrogen (secondary N) is 1. The molecule has 0 saturated heterocycles. The van der Waals surface area contributed by atoms with Gasteiger partial charge in [-0.2, -0.15) is 0 Å². The van der Waals surface area contributed by atoms with Crippen molar-refractivity contribution in [3.8, 4) is 0 Å². The molecule has 2 aromatic carbocycles. The van der Waals surface area contributed by atoms with Crippen molar-refractivity contribution < 1.29 is 4.79 Å². The summed E-state index contributed by atoms with van der Waals surface area (Å²) in [4.78, 5) is 12.4. The van der Waals surface area contributed by atoms with Gasteiger partial charge in [-0.05, 0) is 68.5 Å². The average molecular weight is 281 g/mol. The summed E-state index contributed by atoms with van der Waals surface area (Å²) >= 11 is 0. The first-order valence-corrected chi connectivity index (χ1v) is 7.34. The molecule has 2 nitrogen and oxygen atoms in total. The van der Waals surface area contributed by atoms with Crippen LogP contribution in [0.15, 0.2) is 36.4 Å². The Balaban J connectivity index is 2.22. The topological polar surface area (TPSA) is 29.1 Å². The highest BCUT2D eigenvalue weighted by Gasteiger charge is 2.15. The van der Waals surface area contributed by atoms with Gasteiger partial charge in [-0.15, -0.1) is 0 Å². The molecule has 1 amide bonds. The molecule has 21 heavy (non-hydrogen) atoms. The van der Waals surface area contributed by atoms with E-state index in [9.17, 15) is 4.79 Å². The number of hydrogen-bond donors (Lipinski definition) is 1. The molecule has 110 valence electrons. The van der Waals surface area contributed by atoms with Crippen molar-refractivity contribution in [1.29, 1.82) is 0 Å². The summed E-state index contributed by atoms with van der Waals surface area (Å²) in [5.41, 5.74) is 6.68. The maximum absolute atomic E-state index is 12.4. The maximum atomic E-state index is 12.4. The summed E-state index contributed by atoms with van der Waals surface area (Å²) in [5.74, 6) is -0.0155. The minimum Gasteiger partial charge on any atom is -0.345 e. The Morgan fingerprint density at radius 2 is 1.52 bits per heavy atom. The van der Waals surface area contributed by atoms with Gasteiger partial charge >= 0.3 is 0 Å². The number of amides is 1. The third kappa shape index (κ3) is 3.33. The molecule has 0 aromatic heterocycles. The van der Waals surface area contributed by atoms with E-state index in [-0.39, 0.29) is 11.9 Å². The molecule has 0 aliphatic carbocycles. The molecule has 1 N–H and O–H groups in total. The molecule has 2 rings (SSSR count). The number of rotatable bonds is 3. The van der Waals surface area contributed by atoms with Crippen LogP contribution in [-0.4, -0.2) is 5.91 Å². The van der Waals surface area contributed by atoms with Gasteiger partial charge < -0.3 is 5.32 Å². The quantitative estimate of drug-likeness (QED) is 0.887. The second kappa shape index (κ2) is 6.13. The van der Waals surface area contributed by atoms with E-state index in [1.54, 1.807) is 0 Å². The predicted octanol–water partition coefficient (Wildman–Crippen LogP) is 4.41. The number of aryl methyl sites for hydroxylation is 4. The van der Waals surface area contributed by atoms with Crippen LogP contribution in [0.25, 0.3) is 0 Å². The van der Waals surface area contributed by atoms with Gasteiger partial charge in [-0.1, -0.05) is 30.3 Å². The van der Waals surface area contributed by atoms with Crippen LogP contribution in [-0.2, 0) is 0 Å². The Morgan fingerprint density at radius 3 is 2.19 bits per heavy atom. The van der Waals surface area contributed by atoms with Crippen LogP contribution in [0.5, 0.6) is 0 Å². The van der Waals surface area contributed by atoms with E-state index < -0.39 is 0 Å². The largest absolute Gasteiger partial charge is 0.345 e. The summed E-state index contributed by atoms with van der Waals surface area (Å²) in [6.45, 7) is 10.3. The van der Waals surface area contributed by atoms with Crippen molar-refractivity contribution in [2.45, 2.75) is 40.7 Å². The molecule has 0 saturated carbocycles. The zero-order chi connectivity index (χ0) is 15.6. The normalized spacial score (nSPS) is 12.0. The zero-order valence-corrected chi connectivity index (χ0v) is 13.4. The Hall–Kier alpha value is -2.09. The lowest BCUT2D eigenvalue weighted by atomic mass is 9.96. The van der Waals surface area contributed by atoms with Crippen molar-refractivity contribution in [1.82, 2.24) is 5.32 Å². The Morgan fingerprint density at radius 1 is 0.905 bits per heavy atom. The predicted molar refractivity (Wildman–Crippen MR) is 87.7 cm³/mol. The standard InChI is InChI=1S/C19H23NO/c1-12-8-6-7-9-17(12)19(21)20-16(5)18-11-14(3)13(2)10-15(18)4/h6-11,16H,1-5H3,(H,20,21)/t16-/m1/s1. The highest BCUT2D eigenvalue weighted by Crippen LogP contribution is 2.22. The Labute approximate surface area is 127 Å². The fraction of sp³-hybridized carbons (Fsp3) is 0.316. The molecule has 0 heterocycles. The minimum absolute atomic E-state index is 0.00333. The van der Waals surface area contributed by atoms with Crippen molar-refractivity contribution in [3.05, 3.63) is 69.8 Å². The highest BCUT2D eigenvalue weighted by molar-refractivity contribution is 5.95. The molecule has 2 heteroatoms. The molecule has 0 unspecified atom stereocenters. The SMILES string of the molecule is Cc1cc(C)c([C@@H](C)NC(=O)c2ccccc2C)cc1C. The van der Waals surface area contributed by atoms with Crippen LogP contribution in [0, 0.1) is 27.7 Å². The molecular formula is C19H23NO. The molecule has 0 spiro atoms. The highest BCUT2D eigenvalue weighted by atomic mass is 16.1. The van der Waals surface area contributed by atoms with Crippen LogP contribution >= 0.6 is 0 Å². The second-order valence-corrected chi connectivity index (χ2v) is 5.80. The van der Waals surface area contributed by atoms with Crippen LogP contribution in [0.2, 0.25) is 0 Å². The first kappa shape index (κ1) is 15.3. The molecular weight excluding hydrogens is 258 g/mol. The van der Waals surface area contributed by atoms with E-state index in [0.29, 0.717) is 0 Å². The number of benzene rings is 2. The number of carbonyl (C=O) groups excluding carboxylic acids is 1. The minimum atomic E-state index is -0.0155. The van der Waals surface area contributed by atoms with Gasteiger partial charge in [0.2, 0.25) is 0 Å². The summed E-state index contributed by atoms with van der Waals surface area (Å²) < 4.78 is 0. The van der Waals surface area contributed by atoms with Crippen molar-refractivity contribution in [2.75, 3.05) is 0 Å². The molecule has 0 bridgehead atoms.